The molecular weight excluding hydrogens is 256 g/mol. The monoisotopic (exact) mass is 274 g/mol. The van der Waals surface area contributed by atoms with Crippen molar-refractivity contribution in [2.45, 2.75) is 25.3 Å². The Morgan fingerprint density at radius 2 is 1.95 bits per heavy atom. The van der Waals surface area contributed by atoms with E-state index in [1.54, 1.807) is 0 Å². The minimum absolute atomic E-state index is 0.418. The highest BCUT2D eigenvalue weighted by Gasteiger charge is 2.10. The van der Waals surface area contributed by atoms with Crippen LogP contribution >= 0.6 is 11.6 Å². The molecule has 0 spiro atoms. The molecular formula is C16H19ClN2. The van der Waals surface area contributed by atoms with E-state index < -0.39 is 0 Å². The average Bonchev–Trinajstić information content (AvgIpc) is 2.46. The Morgan fingerprint density at radius 1 is 1.16 bits per heavy atom. The third-order valence-electron chi connectivity index (χ3n) is 3.31. The van der Waals surface area contributed by atoms with Crippen molar-refractivity contribution >= 4 is 11.6 Å². The summed E-state index contributed by atoms with van der Waals surface area (Å²) >= 11 is 6.20. The van der Waals surface area contributed by atoms with Gasteiger partial charge in [0.05, 0.1) is 0 Å². The summed E-state index contributed by atoms with van der Waals surface area (Å²) in [7, 11) is 2.00. The molecule has 2 aromatic rings. The number of aromatic nitrogens is 1. The lowest BCUT2D eigenvalue weighted by molar-refractivity contribution is 0.517. The topological polar surface area (TPSA) is 24.9 Å². The van der Waals surface area contributed by atoms with E-state index in [0.717, 1.165) is 30.0 Å². The van der Waals surface area contributed by atoms with Crippen LogP contribution in [0.25, 0.3) is 0 Å². The van der Waals surface area contributed by atoms with Gasteiger partial charge in [0.2, 0.25) is 0 Å². The molecule has 0 bridgehead atoms. The van der Waals surface area contributed by atoms with Crippen LogP contribution in [0.2, 0.25) is 5.02 Å². The summed E-state index contributed by atoms with van der Waals surface area (Å²) in [4.78, 5) is 4.36. The van der Waals surface area contributed by atoms with Crippen molar-refractivity contribution in [2.75, 3.05) is 7.05 Å². The zero-order chi connectivity index (χ0) is 13.5. The molecule has 2 nitrogen and oxygen atoms in total. The minimum atomic E-state index is 0.418. The number of rotatable bonds is 6. The summed E-state index contributed by atoms with van der Waals surface area (Å²) in [5.41, 5.74) is 2.34. The van der Waals surface area contributed by atoms with Gasteiger partial charge in [-0.05, 0) is 50.1 Å². The maximum Gasteiger partial charge on any atom is 0.0438 e. The van der Waals surface area contributed by atoms with Crippen LogP contribution in [-0.4, -0.2) is 18.1 Å². The van der Waals surface area contributed by atoms with Crippen molar-refractivity contribution in [3.05, 3.63) is 64.9 Å². The van der Waals surface area contributed by atoms with Crippen molar-refractivity contribution in [3.63, 3.8) is 0 Å². The summed E-state index contributed by atoms with van der Waals surface area (Å²) in [5.74, 6) is 0. The van der Waals surface area contributed by atoms with Gasteiger partial charge in [-0.1, -0.05) is 35.9 Å². The molecule has 1 aromatic carbocycles. The fraction of sp³-hybridized carbons (Fsp3) is 0.312. The third kappa shape index (κ3) is 4.34. The normalized spacial score (nSPS) is 12.3. The Kier molecular flexibility index (Phi) is 5.37. The number of likely N-dealkylation sites (N-methyl/N-ethyl adjacent to an activating group) is 1. The van der Waals surface area contributed by atoms with Crippen molar-refractivity contribution in [2.24, 2.45) is 0 Å². The van der Waals surface area contributed by atoms with Gasteiger partial charge in [-0.3, -0.25) is 4.98 Å². The number of benzene rings is 1. The minimum Gasteiger partial charge on any atom is -0.317 e. The second-order valence-corrected chi connectivity index (χ2v) is 5.05. The molecule has 2 rings (SSSR count). The summed E-state index contributed by atoms with van der Waals surface area (Å²) in [6.07, 6.45) is 4.83. The van der Waals surface area contributed by atoms with Crippen molar-refractivity contribution < 1.29 is 0 Å². The molecule has 0 radical (unpaired) electrons. The van der Waals surface area contributed by atoms with Gasteiger partial charge in [0.25, 0.3) is 0 Å². The smallest absolute Gasteiger partial charge is 0.0438 e. The van der Waals surface area contributed by atoms with Gasteiger partial charge in [-0.2, -0.15) is 0 Å². The number of hydrogen-bond donors (Lipinski definition) is 1. The van der Waals surface area contributed by atoms with Crippen LogP contribution in [0.5, 0.6) is 0 Å². The van der Waals surface area contributed by atoms with E-state index in [1.807, 2.05) is 43.6 Å². The first-order valence-corrected chi connectivity index (χ1v) is 6.98. The van der Waals surface area contributed by atoms with Gasteiger partial charge in [0.15, 0.2) is 0 Å². The number of pyridine rings is 1. The highest BCUT2D eigenvalue weighted by Crippen LogP contribution is 2.18. The van der Waals surface area contributed by atoms with Crippen LogP contribution in [0.15, 0.2) is 48.7 Å². The first-order chi connectivity index (χ1) is 9.29. The third-order valence-corrected chi connectivity index (χ3v) is 3.68. The van der Waals surface area contributed by atoms with Crippen LogP contribution in [0.4, 0.5) is 0 Å². The zero-order valence-corrected chi connectivity index (χ0v) is 11.9. The number of hydrogen-bond acceptors (Lipinski definition) is 2. The fourth-order valence-corrected chi connectivity index (χ4v) is 2.36. The molecule has 0 amide bonds. The van der Waals surface area contributed by atoms with E-state index in [9.17, 15) is 0 Å². The molecule has 1 aromatic heterocycles. The molecule has 1 heterocycles. The van der Waals surface area contributed by atoms with E-state index >= 15 is 0 Å². The van der Waals surface area contributed by atoms with Crippen LogP contribution in [0.1, 0.15) is 17.7 Å². The molecule has 0 aliphatic rings. The van der Waals surface area contributed by atoms with E-state index in [4.69, 9.17) is 11.6 Å². The number of nitrogens with zero attached hydrogens (tertiary/aromatic N) is 1. The maximum atomic E-state index is 6.20. The van der Waals surface area contributed by atoms with Crippen molar-refractivity contribution in [1.29, 1.82) is 0 Å². The van der Waals surface area contributed by atoms with E-state index in [-0.39, 0.29) is 0 Å². The van der Waals surface area contributed by atoms with Crippen LogP contribution in [-0.2, 0) is 12.8 Å². The Balaban J connectivity index is 1.92. The molecule has 1 unspecified atom stereocenters. The highest BCUT2D eigenvalue weighted by molar-refractivity contribution is 6.31. The molecule has 19 heavy (non-hydrogen) atoms. The fourth-order valence-electron chi connectivity index (χ4n) is 2.15. The summed E-state index contributed by atoms with van der Waals surface area (Å²) < 4.78 is 0. The average molecular weight is 275 g/mol. The van der Waals surface area contributed by atoms with Gasteiger partial charge >= 0.3 is 0 Å². The van der Waals surface area contributed by atoms with Gasteiger partial charge in [-0.25, -0.2) is 0 Å². The van der Waals surface area contributed by atoms with Gasteiger partial charge in [-0.15, -0.1) is 0 Å². The van der Waals surface area contributed by atoms with Crippen LogP contribution < -0.4 is 5.32 Å². The molecule has 0 fully saturated rings. The number of aryl methyl sites for hydroxylation is 1. The van der Waals surface area contributed by atoms with Gasteiger partial charge in [0, 0.05) is 23.0 Å². The van der Waals surface area contributed by atoms with Crippen molar-refractivity contribution in [3.8, 4) is 0 Å². The molecule has 1 N–H and O–H groups in total. The SMILES string of the molecule is CNC(CCc1ccccn1)Cc1ccccc1Cl. The Bertz CT molecular complexity index is 499. The quantitative estimate of drug-likeness (QED) is 0.872. The van der Waals surface area contributed by atoms with Crippen LogP contribution in [0.3, 0.4) is 0 Å². The van der Waals surface area contributed by atoms with Crippen LogP contribution in [0, 0.1) is 0 Å². The first kappa shape index (κ1) is 14.0. The molecule has 0 saturated carbocycles. The standard InChI is InChI=1S/C16H19ClN2/c1-18-15(10-9-14-7-4-5-11-19-14)12-13-6-2-3-8-16(13)17/h2-8,11,15,18H,9-10,12H2,1H3. The highest BCUT2D eigenvalue weighted by atomic mass is 35.5. The molecule has 0 saturated heterocycles. The second kappa shape index (κ2) is 7.27. The predicted molar refractivity (Wildman–Crippen MR) is 80.6 cm³/mol. The first-order valence-electron chi connectivity index (χ1n) is 6.60. The molecule has 3 heteroatoms. The second-order valence-electron chi connectivity index (χ2n) is 4.64. The lowest BCUT2D eigenvalue weighted by Crippen LogP contribution is -2.28. The Hall–Kier alpha value is -1.38. The summed E-state index contributed by atoms with van der Waals surface area (Å²) in [5, 5.41) is 4.21. The number of nitrogens with one attached hydrogen (secondary N) is 1. The van der Waals surface area contributed by atoms with Crippen molar-refractivity contribution in [1.82, 2.24) is 10.3 Å². The van der Waals surface area contributed by atoms with Gasteiger partial charge in [0.1, 0.15) is 0 Å². The maximum absolute atomic E-state index is 6.20. The van der Waals surface area contributed by atoms with E-state index in [0.29, 0.717) is 6.04 Å². The van der Waals surface area contributed by atoms with E-state index in [2.05, 4.69) is 22.4 Å². The lowest BCUT2D eigenvalue weighted by Gasteiger charge is -2.16. The summed E-state index contributed by atoms with van der Waals surface area (Å²) in [6, 6.07) is 14.5. The number of halogens is 1. The Morgan fingerprint density at radius 3 is 2.63 bits per heavy atom. The molecule has 0 aliphatic carbocycles. The molecule has 0 aliphatic heterocycles. The van der Waals surface area contributed by atoms with E-state index in [1.165, 1.54) is 5.56 Å². The Labute approximate surface area is 119 Å². The van der Waals surface area contributed by atoms with Gasteiger partial charge < -0.3 is 5.32 Å². The zero-order valence-electron chi connectivity index (χ0n) is 11.1. The molecule has 1 atom stereocenters. The summed E-state index contributed by atoms with van der Waals surface area (Å²) in [6.45, 7) is 0. The molecule has 100 valence electrons. The largest absolute Gasteiger partial charge is 0.317 e. The lowest BCUT2D eigenvalue weighted by atomic mass is 10.0. The predicted octanol–water partition coefficient (Wildman–Crippen LogP) is 3.50.